The third kappa shape index (κ3) is 3.37. The molecule has 2 aromatic heterocycles. The average Bonchev–Trinajstić information content (AvgIpc) is 2.94. The molecule has 2 rings (SSSR count). The van der Waals surface area contributed by atoms with E-state index in [-0.39, 0.29) is 5.75 Å². The highest BCUT2D eigenvalue weighted by atomic mass is 32.2. The van der Waals surface area contributed by atoms with Crippen molar-refractivity contribution in [2.24, 2.45) is 0 Å². The Hall–Kier alpha value is -1.76. The van der Waals surface area contributed by atoms with E-state index in [1.165, 1.54) is 11.8 Å². The first-order valence-electron chi connectivity index (χ1n) is 5.91. The minimum atomic E-state index is -0.854. The van der Waals surface area contributed by atoms with Gasteiger partial charge >= 0.3 is 5.97 Å². The molecule has 0 saturated heterocycles. The van der Waals surface area contributed by atoms with Gasteiger partial charge in [0.15, 0.2) is 10.9 Å². The highest BCUT2D eigenvalue weighted by Crippen LogP contribution is 2.20. The lowest BCUT2D eigenvalue weighted by atomic mass is 10.3. The number of aliphatic carboxylic acids is 1. The Kier molecular flexibility index (Phi) is 4.26. The van der Waals surface area contributed by atoms with Crippen molar-refractivity contribution in [1.29, 1.82) is 0 Å². The Balaban J connectivity index is 2.20. The Morgan fingerprint density at radius 1 is 1.58 bits per heavy atom. The van der Waals surface area contributed by atoms with Crippen molar-refractivity contribution in [2.75, 3.05) is 5.75 Å². The molecule has 1 N–H and O–H groups in total. The zero-order chi connectivity index (χ0) is 13.8. The van der Waals surface area contributed by atoms with Gasteiger partial charge in [-0.2, -0.15) is 0 Å². The number of aryl methyl sites for hydroxylation is 2. The number of imidazole rings is 1. The summed E-state index contributed by atoms with van der Waals surface area (Å²) in [5.74, 6) is -0.120. The molecule has 19 heavy (non-hydrogen) atoms. The van der Waals surface area contributed by atoms with Crippen LogP contribution in [0.3, 0.4) is 0 Å². The number of carbonyl (C=O) groups is 1. The summed E-state index contributed by atoms with van der Waals surface area (Å²) in [6.07, 6.45) is 2.60. The normalized spacial score (nSPS) is 10.8. The molecule has 0 aliphatic rings. The lowest BCUT2D eigenvalue weighted by Gasteiger charge is -2.07. The maximum Gasteiger partial charge on any atom is 0.313 e. The monoisotopic (exact) mass is 281 g/mol. The zero-order valence-electron chi connectivity index (χ0n) is 10.8. The quantitative estimate of drug-likeness (QED) is 0.815. The molecule has 0 unspecified atom stereocenters. The summed E-state index contributed by atoms with van der Waals surface area (Å²) in [4.78, 5) is 14.9. The van der Waals surface area contributed by atoms with Crippen LogP contribution in [-0.2, 0) is 17.8 Å². The molecule has 0 aliphatic carbocycles. The molecule has 7 heteroatoms. The fourth-order valence-corrected chi connectivity index (χ4v) is 2.45. The van der Waals surface area contributed by atoms with Crippen molar-refractivity contribution in [2.45, 2.75) is 32.0 Å². The number of hydrogen-bond donors (Lipinski definition) is 1. The average molecular weight is 281 g/mol. The molecule has 2 heterocycles. The van der Waals surface area contributed by atoms with E-state index in [2.05, 4.69) is 10.1 Å². The van der Waals surface area contributed by atoms with Crippen molar-refractivity contribution in [3.8, 4) is 0 Å². The molecule has 0 saturated carbocycles. The smallest absolute Gasteiger partial charge is 0.313 e. The highest BCUT2D eigenvalue weighted by Gasteiger charge is 2.13. The van der Waals surface area contributed by atoms with Gasteiger partial charge in [0.05, 0.1) is 18.0 Å². The van der Waals surface area contributed by atoms with Crippen LogP contribution in [-0.4, -0.2) is 31.5 Å². The van der Waals surface area contributed by atoms with Gasteiger partial charge in [-0.3, -0.25) is 4.79 Å². The van der Waals surface area contributed by atoms with Crippen molar-refractivity contribution in [1.82, 2.24) is 14.7 Å². The lowest BCUT2D eigenvalue weighted by molar-refractivity contribution is -0.133. The van der Waals surface area contributed by atoms with Crippen LogP contribution in [0.1, 0.15) is 24.1 Å². The topological polar surface area (TPSA) is 81.1 Å². The standard InChI is InChI=1S/C12H15N3O3S/c1-3-9-5-13-12(19-7-11(16)17)15(9)6-10-4-8(2)14-18-10/h4-5H,3,6-7H2,1-2H3,(H,16,17). The van der Waals surface area contributed by atoms with Crippen molar-refractivity contribution in [3.05, 3.63) is 29.4 Å². The van der Waals surface area contributed by atoms with E-state index in [9.17, 15) is 4.79 Å². The van der Waals surface area contributed by atoms with E-state index in [1.807, 2.05) is 24.5 Å². The molecule has 0 radical (unpaired) electrons. The van der Waals surface area contributed by atoms with Gasteiger partial charge in [-0.25, -0.2) is 4.98 Å². The van der Waals surface area contributed by atoms with Crippen LogP contribution in [0.2, 0.25) is 0 Å². The molecule has 0 atom stereocenters. The Labute approximate surface area is 114 Å². The van der Waals surface area contributed by atoms with E-state index in [1.54, 1.807) is 6.20 Å². The fourth-order valence-electron chi connectivity index (χ4n) is 1.73. The minimum absolute atomic E-state index is 0.00436. The summed E-state index contributed by atoms with van der Waals surface area (Å²) in [5, 5.41) is 13.3. The number of hydrogen-bond acceptors (Lipinski definition) is 5. The van der Waals surface area contributed by atoms with Gasteiger partial charge in [-0.05, 0) is 13.3 Å². The third-order valence-corrected chi connectivity index (χ3v) is 3.55. The number of carboxylic acids is 1. The number of rotatable bonds is 6. The summed E-state index contributed by atoms with van der Waals surface area (Å²) in [6.45, 7) is 4.42. The first-order valence-corrected chi connectivity index (χ1v) is 6.90. The van der Waals surface area contributed by atoms with E-state index < -0.39 is 5.97 Å². The molecule has 102 valence electrons. The largest absolute Gasteiger partial charge is 0.481 e. The summed E-state index contributed by atoms with van der Waals surface area (Å²) in [5.41, 5.74) is 1.87. The van der Waals surface area contributed by atoms with Gasteiger partial charge in [-0.1, -0.05) is 23.8 Å². The van der Waals surface area contributed by atoms with E-state index >= 15 is 0 Å². The second-order valence-electron chi connectivity index (χ2n) is 4.09. The lowest BCUT2D eigenvalue weighted by Crippen LogP contribution is -2.06. The molecule has 0 spiro atoms. The molecule has 0 bridgehead atoms. The van der Waals surface area contributed by atoms with Crippen LogP contribution >= 0.6 is 11.8 Å². The first-order chi connectivity index (χ1) is 9.10. The van der Waals surface area contributed by atoms with Crippen molar-refractivity contribution >= 4 is 17.7 Å². The molecule has 0 fully saturated rings. The SMILES string of the molecule is CCc1cnc(SCC(=O)O)n1Cc1cc(C)no1. The molecule has 0 aromatic carbocycles. The molecular weight excluding hydrogens is 266 g/mol. The van der Waals surface area contributed by atoms with Crippen molar-refractivity contribution in [3.63, 3.8) is 0 Å². The number of aromatic nitrogens is 3. The van der Waals surface area contributed by atoms with E-state index in [4.69, 9.17) is 9.63 Å². The third-order valence-electron chi connectivity index (χ3n) is 2.58. The summed E-state index contributed by atoms with van der Waals surface area (Å²) in [7, 11) is 0. The predicted octanol–water partition coefficient (Wildman–Crippen LogP) is 1.97. The van der Waals surface area contributed by atoms with Gasteiger partial charge in [-0.15, -0.1) is 0 Å². The fraction of sp³-hybridized carbons (Fsp3) is 0.417. The predicted molar refractivity (Wildman–Crippen MR) is 70.3 cm³/mol. The van der Waals surface area contributed by atoms with Gasteiger partial charge in [0.2, 0.25) is 0 Å². The Morgan fingerprint density at radius 2 is 2.37 bits per heavy atom. The van der Waals surface area contributed by atoms with Crippen LogP contribution in [0.25, 0.3) is 0 Å². The number of thioether (sulfide) groups is 1. The van der Waals surface area contributed by atoms with Crippen LogP contribution in [0.15, 0.2) is 21.9 Å². The second-order valence-corrected chi connectivity index (χ2v) is 5.03. The number of carboxylic acid groups (broad SMARTS) is 1. The molecule has 0 amide bonds. The minimum Gasteiger partial charge on any atom is -0.481 e. The van der Waals surface area contributed by atoms with Gasteiger partial charge < -0.3 is 14.2 Å². The summed E-state index contributed by atoms with van der Waals surface area (Å²) >= 11 is 1.21. The molecule has 0 aliphatic heterocycles. The Morgan fingerprint density at radius 3 is 2.95 bits per heavy atom. The van der Waals surface area contributed by atoms with Crippen LogP contribution < -0.4 is 0 Å². The van der Waals surface area contributed by atoms with Crippen LogP contribution in [0.5, 0.6) is 0 Å². The van der Waals surface area contributed by atoms with E-state index in [0.29, 0.717) is 11.7 Å². The molecular formula is C12H15N3O3S. The van der Waals surface area contributed by atoms with Crippen molar-refractivity contribution < 1.29 is 14.4 Å². The van der Waals surface area contributed by atoms with Crippen LogP contribution in [0, 0.1) is 6.92 Å². The van der Waals surface area contributed by atoms with Gasteiger partial charge in [0.25, 0.3) is 0 Å². The maximum atomic E-state index is 10.6. The Bertz CT molecular complexity index is 577. The number of nitrogens with zero attached hydrogens (tertiary/aromatic N) is 3. The maximum absolute atomic E-state index is 10.6. The first kappa shape index (κ1) is 13.7. The van der Waals surface area contributed by atoms with Gasteiger partial charge in [0.1, 0.15) is 0 Å². The summed E-state index contributed by atoms with van der Waals surface area (Å²) in [6, 6.07) is 1.87. The van der Waals surface area contributed by atoms with Crippen LogP contribution in [0.4, 0.5) is 0 Å². The molecule has 2 aromatic rings. The summed E-state index contributed by atoms with van der Waals surface area (Å²) < 4.78 is 7.16. The van der Waals surface area contributed by atoms with Gasteiger partial charge in [0, 0.05) is 18.0 Å². The highest BCUT2D eigenvalue weighted by molar-refractivity contribution is 7.99. The second kappa shape index (κ2) is 5.92. The van der Waals surface area contributed by atoms with E-state index in [0.717, 1.165) is 23.6 Å². The molecule has 6 nitrogen and oxygen atoms in total. The zero-order valence-corrected chi connectivity index (χ0v) is 11.6.